The predicted octanol–water partition coefficient (Wildman–Crippen LogP) is 1.75. The van der Waals surface area contributed by atoms with Gasteiger partial charge in [0.15, 0.2) is 0 Å². The zero-order valence-corrected chi connectivity index (χ0v) is 12.6. The van der Waals surface area contributed by atoms with Crippen LogP contribution in [0.25, 0.3) is 0 Å². The number of carbonyl (C=O) groups excluding carboxylic acids is 1. The molecule has 1 amide bonds. The fourth-order valence-corrected chi connectivity index (χ4v) is 3.52. The summed E-state index contributed by atoms with van der Waals surface area (Å²) in [6, 6.07) is 2.64. The van der Waals surface area contributed by atoms with Gasteiger partial charge in [0, 0.05) is 12.1 Å². The predicted molar refractivity (Wildman–Crippen MR) is 78.9 cm³/mol. The highest BCUT2D eigenvalue weighted by molar-refractivity contribution is 6.32. The van der Waals surface area contributed by atoms with Gasteiger partial charge in [0.05, 0.1) is 18.6 Å². The van der Waals surface area contributed by atoms with Gasteiger partial charge in [-0.15, -0.1) is 0 Å². The lowest BCUT2D eigenvalue weighted by Crippen LogP contribution is -2.45. The largest absolute Gasteiger partial charge is 0.481 e. The van der Waals surface area contributed by atoms with E-state index in [1.54, 1.807) is 0 Å². The third-order valence-electron chi connectivity index (χ3n) is 4.32. The average Bonchev–Trinajstić information content (AvgIpc) is 3.07. The lowest BCUT2D eigenvalue weighted by atomic mass is 9.89. The molecule has 0 unspecified atom stereocenters. The molecule has 116 valence electrons. The van der Waals surface area contributed by atoms with Crippen molar-refractivity contribution in [3.8, 4) is 5.88 Å². The number of ether oxygens (including phenoxy) is 1. The van der Waals surface area contributed by atoms with Gasteiger partial charge >= 0.3 is 5.97 Å². The number of carbonyl (C=O) groups is 2. The highest BCUT2D eigenvalue weighted by Gasteiger charge is 2.49. The first-order valence-electron chi connectivity index (χ1n) is 6.93. The molecule has 4 atom stereocenters. The van der Waals surface area contributed by atoms with E-state index in [0.29, 0.717) is 5.88 Å². The standard InChI is InChI=1S/C15H15ClN2O4/c1-22-10-5-4-9(13(16)17-10)14(19)18-12-8-3-2-7(6-8)11(12)15(20)21/h2-5,7-8,11-12H,6H2,1H3,(H,18,19)(H,20,21)/t7-,8+,11+,12-/m0/s1. The Morgan fingerprint density at radius 1 is 1.36 bits per heavy atom. The number of carboxylic acid groups (broad SMARTS) is 1. The second-order valence-corrected chi connectivity index (χ2v) is 5.86. The smallest absolute Gasteiger partial charge is 0.309 e. The second-order valence-electron chi connectivity index (χ2n) is 5.50. The lowest BCUT2D eigenvalue weighted by molar-refractivity contribution is -0.143. The van der Waals surface area contributed by atoms with Gasteiger partial charge in [0.1, 0.15) is 5.15 Å². The minimum absolute atomic E-state index is 0.0164. The molecule has 0 aliphatic heterocycles. The SMILES string of the molecule is COc1ccc(C(=O)N[C@@H]2[C@H](C(=O)O)[C@H]3C=C[C@@H]2C3)c(Cl)n1. The number of hydrogen-bond donors (Lipinski definition) is 2. The Kier molecular flexibility index (Phi) is 3.78. The van der Waals surface area contributed by atoms with Crippen molar-refractivity contribution < 1.29 is 19.4 Å². The number of nitrogens with zero attached hydrogens (tertiary/aromatic N) is 1. The fourth-order valence-electron chi connectivity index (χ4n) is 3.29. The van der Waals surface area contributed by atoms with E-state index < -0.39 is 23.8 Å². The number of amides is 1. The number of allylic oxidation sites excluding steroid dienone is 1. The van der Waals surface area contributed by atoms with Crippen molar-refractivity contribution in [2.45, 2.75) is 12.5 Å². The van der Waals surface area contributed by atoms with E-state index in [1.807, 2.05) is 12.2 Å². The summed E-state index contributed by atoms with van der Waals surface area (Å²) in [6.45, 7) is 0. The molecule has 7 heteroatoms. The van der Waals surface area contributed by atoms with Gasteiger partial charge in [-0.05, 0) is 24.3 Å². The first-order valence-corrected chi connectivity index (χ1v) is 7.31. The van der Waals surface area contributed by atoms with Gasteiger partial charge in [0.2, 0.25) is 5.88 Å². The first-order chi connectivity index (χ1) is 10.5. The number of carboxylic acids is 1. The number of aliphatic carboxylic acids is 1. The molecule has 3 rings (SSSR count). The summed E-state index contributed by atoms with van der Waals surface area (Å²) in [7, 11) is 1.46. The van der Waals surface area contributed by atoms with Crippen LogP contribution in [0.1, 0.15) is 16.8 Å². The summed E-state index contributed by atoms with van der Waals surface area (Å²) >= 11 is 5.98. The Hall–Kier alpha value is -2.08. The molecule has 2 N–H and O–H groups in total. The topological polar surface area (TPSA) is 88.5 Å². The Labute approximate surface area is 132 Å². The molecule has 2 aliphatic rings. The molecule has 1 heterocycles. The van der Waals surface area contributed by atoms with E-state index in [4.69, 9.17) is 16.3 Å². The average molecular weight is 323 g/mol. The van der Waals surface area contributed by atoms with Gasteiger partial charge in [-0.25, -0.2) is 4.98 Å². The van der Waals surface area contributed by atoms with E-state index in [0.717, 1.165) is 6.42 Å². The van der Waals surface area contributed by atoms with E-state index in [1.165, 1.54) is 19.2 Å². The molecular formula is C15H15ClN2O4. The van der Waals surface area contributed by atoms with Crippen molar-refractivity contribution in [3.63, 3.8) is 0 Å². The molecular weight excluding hydrogens is 308 g/mol. The third-order valence-corrected chi connectivity index (χ3v) is 4.61. The third kappa shape index (κ3) is 2.43. The molecule has 1 saturated carbocycles. The normalized spacial score (nSPS) is 28.6. The minimum Gasteiger partial charge on any atom is -0.481 e. The maximum absolute atomic E-state index is 12.4. The van der Waals surface area contributed by atoms with Gasteiger partial charge in [-0.1, -0.05) is 23.8 Å². The number of rotatable bonds is 4. The molecule has 0 spiro atoms. The van der Waals surface area contributed by atoms with Crippen molar-refractivity contribution in [2.75, 3.05) is 7.11 Å². The molecule has 1 aromatic heterocycles. The van der Waals surface area contributed by atoms with Crippen LogP contribution in [0.2, 0.25) is 5.15 Å². The Morgan fingerprint density at radius 2 is 2.09 bits per heavy atom. The highest BCUT2D eigenvalue weighted by atomic mass is 35.5. The molecule has 6 nitrogen and oxygen atoms in total. The zero-order valence-electron chi connectivity index (χ0n) is 11.8. The summed E-state index contributed by atoms with van der Waals surface area (Å²) in [6.07, 6.45) is 4.66. The molecule has 0 radical (unpaired) electrons. The van der Waals surface area contributed by atoms with Crippen LogP contribution in [-0.2, 0) is 4.79 Å². The van der Waals surface area contributed by atoms with Crippen LogP contribution in [0, 0.1) is 17.8 Å². The Morgan fingerprint density at radius 3 is 2.73 bits per heavy atom. The number of halogens is 1. The maximum atomic E-state index is 12.4. The number of hydrogen-bond acceptors (Lipinski definition) is 4. The van der Waals surface area contributed by atoms with E-state index in [-0.39, 0.29) is 22.6 Å². The van der Waals surface area contributed by atoms with Crippen molar-refractivity contribution >= 4 is 23.5 Å². The van der Waals surface area contributed by atoms with Crippen molar-refractivity contribution in [1.82, 2.24) is 10.3 Å². The monoisotopic (exact) mass is 322 g/mol. The van der Waals surface area contributed by atoms with E-state index in [9.17, 15) is 14.7 Å². The van der Waals surface area contributed by atoms with Crippen LogP contribution < -0.4 is 10.1 Å². The Bertz CT molecular complexity index is 661. The maximum Gasteiger partial charge on any atom is 0.309 e. The molecule has 0 aromatic carbocycles. The van der Waals surface area contributed by atoms with E-state index in [2.05, 4.69) is 10.3 Å². The minimum atomic E-state index is -0.888. The van der Waals surface area contributed by atoms with Crippen LogP contribution in [-0.4, -0.2) is 35.1 Å². The Balaban J connectivity index is 1.79. The molecule has 1 aromatic rings. The van der Waals surface area contributed by atoms with Crippen LogP contribution in [0.3, 0.4) is 0 Å². The number of aromatic nitrogens is 1. The summed E-state index contributed by atoms with van der Waals surface area (Å²) < 4.78 is 4.94. The van der Waals surface area contributed by atoms with Gasteiger partial charge in [-0.2, -0.15) is 0 Å². The molecule has 22 heavy (non-hydrogen) atoms. The molecule has 1 fully saturated rings. The highest BCUT2D eigenvalue weighted by Crippen LogP contribution is 2.44. The van der Waals surface area contributed by atoms with Gasteiger partial charge in [-0.3, -0.25) is 9.59 Å². The van der Waals surface area contributed by atoms with Gasteiger partial charge < -0.3 is 15.2 Å². The number of methoxy groups -OCH3 is 1. The van der Waals surface area contributed by atoms with Crippen molar-refractivity contribution in [2.24, 2.45) is 17.8 Å². The number of nitrogens with one attached hydrogen (secondary N) is 1. The van der Waals surface area contributed by atoms with Crippen LogP contribution in [0.5, 0.6) is 5.88 Å². The molecule has 2 aliphatic carbocycles. The fraction of sp³-hybridized carbons (Fsp3) is 0.400. The lowest BCUT2D eigenvalue weighted by Gasteiger charge is -2.25. The summed E-state index contributed by atoms with van der Waals surface area (Å²) in [5.74, 6) is -1.55. The quantitative estimate of drug-likeness (QED) is 0.651. The van der Waals surface area contributed by atoms with Crippen molar-refractivity contribution in [3.05, 3.63) is 35.0 Å². The number of fused-ring (bicyclic) bond motifs is 2. The van der Waals surface area contributed by atoms with Crippen LogP contribution in [0.4, 0.5) is 0 Å². The second kappa shape index (κ2) is 5.61. The summed E-state index contributed by atoms with van der Waals surface area (Å²) in [5, 5.41) is 12.2. The van der Waals surface area contributed by atoms with Gasteiger partial charge in [0.25, 0.3) is 5.91 Å². The molecule has 2 bridgehead atoms. The summed E-state index contributed by atoms with van der Waals surface area (Å²) in [5.41, 5.74) is 0.207. The van der Waals surface area contributed by atoms with E-state index >= 15 is 0 Å². The zero-order chi connectivity index (χ0) is 15.9. The van der Waals surface area contributed by atoms with Crippen LogP contribution in [0.15, 0.2) is 24.3 Å². The first kappa shape index (κ1) is 14.8. The van der Waals surface area contributed by atoms with Crippen LogP contribution >= 0.6 is 11.6 Å². The number of pyridine rings is 1. The molecule has 0 saturated heterocycles. The summed E-state index contributed by atoms with van der Waals surface area (Å²) in [4.78, 5) is 27.7. The van der Waals surface area contributed by atoms with Crippen molar-refractivity contribution in [1.29, 1.82) is 0 Å².